The number of rotatable bonds is 8. The van der Waals surface area contributed by atoms with Crippen LogP contribution < -0.4 is 31.6 Å². The third kappa shape index (κ3) is 9.48. The molecular formula is C29H30N4O4. The Labute approximate surface area is 216 Å². The Morgan fingerprint density at radius 3 is 1.54 bits per heavy atom. The number of nitrogens with two attached hydrogens (primary N) is 2. The third-order valence-electron chi connectivity index (χ3n) is 4.78. The van der Waals surface area contributed by atoms with E-state index in [2.05, 4.69) is 10.6 Å². The van der Waals surface area contributed by atoms with Gasteiger partial charge in [-0.3, -0.25) is 9.59 Å². The second kappa shape index (κ2) is 14.0. The summed E-state index contributed by atoms with van der Waals surface area (Å²) >= 11 is 0. The van der Waals surface area contributed by atoms with Crippen molar-refractivity contribution in [3.8, 4) is 23.0 Å². The number of anilines is 2. The van der Waals surface area contributed by atoms with E-state index in [9.17, 15) is 9.59 Å². The topological polar surface area (TPSA) is 129 Å². The van der Waals surface area contributed by atoms with Gasteiger partial charge in [0.05, 0.1) is 12.6 Å². The second-order valence-corrected chi connectivity index (χ2v) is 7.92. The molecule has 4 aromatic rings. The van der Waals surface area contributed by atoms with Gasteiger partial charge in [0, 0.05) is 23.5 Å². The number of hydrogen-bond acceptors (Lipinski definition) is 6. The largest absolute Gasteiger partial charge is 0.457 e. The number of hydrogen-bond donors (Lipinski definition) is 4. The van der Waals surface area contributed by atoms with Crippen LogP contribution in [-0.4, -0.2) is 24.4 Å². The van der Waals surface area contributed by atoms with Crippen LogP contribution in [-0.2, 0) is 9.59 Å². The van der Waals surface area contributed by atoms with E-state index < -0.39 is 6.04 Å². The first-order valence-corrected chi connectivity index (χ1v) is 11.7. The lowest BCUT2D eigenvalue weighted by molar-refractivity contribution is -0.117. The molecule has 1 unspecified atom stereocenters. The Hall–Kier alpha value is -4.66. The molecule has 0 saturated heterocycles. The minimum Gasteiger partial charge on any atom is -0.457 e. The molecule has 0 aliphatic rings. The fraction of sp³-hybridized carbons (Fsp3) is 0.103. The van der Waals surface area contributed by atoms with Crippen LogP contribution in [0.1, 0.15) is 6.92 Å². The van der Waals surface area contributed by atoms with E-state index in [4.69, 9.17) is 20.9 Å². The van der Waals surface area contributed by atoms with Crippen molar-refractivity contribution in [3.05, 3.63) is 109 Å². The maximum atomic E-state index is 11.5. The van der Waals surface area contributed by atoms with Crippen molar-refractivity contribution in [2.24, 2.45) is 11.5 Å². The Morgan fingerprint density at radius 1 is 0.676 bits per heavy atom. The fourth-order valence-corrected chi connectivity index (χ4v) is 2.99. The molecule has 6 N–H and O–H groups in total. The van der Waals surface area contributed by atoms with Crippen LogP contribution in [0.15, 0.2) is 109 Å². The first-order chi connectivity index (χ1) is 17.9. The number of benzene rings is 4. The van der Waals surface area contributed by atoms with Gasteiger partial charge >= 0.3 is 0 Å². The van der Waals surface area contributed by atoms with Crippen LogP contribution in [0.4, 0.5) is 11.4 Å². The molecule has 8 nitrogen and oxygen atoms in total. The highest BCUT2D eigenvalue weighted by molar-refractivity contribution is 5.94. The molecule has 0 saturated carbocycles. The van der Waals surface area contributed by atoms with Crippen molar-refractivity contribution in [1.82, 2.24) is 0 Å². The molecule has 0 heterocycles. The van der Waals surface area contributed by atoms with E-state index in [1.807, 2.05) is 84.9 Å². The molecule has 4 aromatic carbocycles. The first kappa shape index (κ1) is 26.9. The standard InChI is InChI=1S/C15H16N2O2.C14H14N2O2/c1-11(16)15(18)17-12-6-5-9-14(10-12)19-13-7-3-2-4-8-13;15-10-14(17)16-11-5-4-8-13(9-11)18-12-6-2-1-3-7-12/h2-11H,16H2,1H3,(H,17,18);1-9H,10,15H2,(H,16,17). The molecule has 0 aliphatic heterocycles. The predicted molar refractivity (Wildman–Crippen MR) is 146 cm³/mol. The maximum Gasteiger partial charge on any atom is 0.241 e. The van der Waals surface area contributed by atoms with E-state index in [0.29, 0.717) is 22.9 Å². The lowest BCUT2D eigenvalue weighted by atomic mass is 10.2. The molecule has 37 heavy (non-hydrogen) atoms. The lowest BCUT2D eigenvalue weighted by Crippen LogP contribution is -2.32. The summed E-state index contributed by atoms with van der Waals surface area (Å²) in [7, 11) is 0. The van der Waals surface area contributed by atoms with Crippen molar-refractivity contribution in [2.75, 3.05) is 17.2 Å². The summed E-state index contributed by atoms with van der Waals surface area (Å²) in [5.74, 6) is 2.37. The number of ether oxygens (including phenoxy) is 2. The molecule has 8 heteroatoms. The van der Waals surface area contributed by atoms with Gasteiger partial charge in [0.2, 0.25) is 11.8 Å². The molecule has 190 valence electrons. The highest BCUT2D eigenvalue weighted by Gasteiger charge is 2.08. The summed E-state index contributed by atoms with van der Waals surface area (Å²) in [5.41, 5.74) is 12.1. The Bertz CT molecular complexity index is 1280. The van der Waals surface area contributed by atoms with Gasteiger partial charge < -0.3 is 31.6 Å². The quantitative estimate of drug-likeness (QED) is 0.266. The molecule has 0 radical (unpaired) electrons. The molecule has 1 atom stereocenters. The number of nitrogens with one attached hydrogen (secondary N) is 2. The summed E-state index contributed by atoms with van der Waals surface area (Å²) in [6.07, 6.45) is 0. The van der Waals surface area contributed by atoms with Gasteiger partial charge in [-0.25, -0.2) is 0 Å². The zero-order valence-corrected chi connectivity index (χ0v) is 20.5. The first-order valence-electron chi connectivity index (χ1n) is 11.7. The second-order valence-electron chi connectivity index (χ2n) is 7.92. The molecule has 2 amide bonds. The monoisotopic (exact) mass is 498 g/mol. The Balaban J connectivity index is 0.000000206. The van der Waals surface area contributed by atoms with Crippen LogP contribution in [0.5, 0.6) is 23.0 Å². The van der Waals surface area contributed by atoms with Gasteiger partial charge in [0.15, 0.2) is 0 Å². The summed E-state index contributed by atoms with van der Waals surface area (Å²) in [5, 5.41) is 5.40. The summed E-state index contributed by atoms with van der Waals surface area (Å²) in [6, 6.07) is 32.7. The smallest absolute Gasteiger partial charge is 0.241 e. The van der Waals surface area contributed by atoms with E-state index in [1.165, 1.54) is 0 Å². The number of amides is 2. The molecule has 0 bridgehead atoms. The highest BCUT2D eigenvalue weighted by atomic mass is 16.5. The molecule has 4 rings (SSSR count). The number of para-hydroxylation sites is 2. The minimum absolute atomic E-state index is 0.0379. The van der Waals surface area contributed by atoms with Crippen LogP contribution in [0.3, 0.4) is 0 Å². The lowest BCUT2D eigenvalue weighted by Gasteiger charge is -2.10. The van der Waals surface area contributed by atoms with Crippen molar-refractivity contribution < 1.29 is 19.1 Å². The molecular weight excluding hydrogens is 468 g/mol. The van der Waals surface area contributed by atoms with Gasteiger partial charge in [-0.1, -0.05) is 48.5 Å². The van der Waals surface area contributed by atoms with E-state index in [1.54, 1.807) is 31.2 Å². The zero-order chi connectivity index (χ0) is 26.5. The molecule has 0 spiro atoms. The van der Waals surface area contributed by atoms with Gasteiger partial charge in [0.25, 0.3) is 0 Å². The van der Waals surface area contributed by atoms with Crippen LogP contribution in [0.25, 0.3) is 0 Å². The average molecular weight is 499 g/mol. The third-order valence-corrected chi connectivity index (χ3v) is 4.78. The van der Waals surface area contributed by atoms with Gasteiger partial charge in [-0.2, -0.15) is 0 Å². The summed E-state index contributed by atoms with van der Waals surface area (Å²) in [6.45, 7) is 1.60. The number of carbonyl (C=O) groups is 2. The van der Waals surface area contributed by atoms with Gasteiger partial charge in [-0.15, -0.1) is 0 Å². The van der Waals surface area contributed by atoms with E-state index in [-0.39, 0.29) is 18.4 Å². The average Bonchev–Trinajstić information content (AvgIpc) is 2.90. The highest BCUT2D eigenvalue weighted by Crippen LogP contribution is 2.24. The van der Waals surface area contributed by atoms with Crippen molar-refractivity contribution in [3.63, 3.8) is 0 Å². The predicted octanol–water partition coefficient (Wildman–Crippen LogP) is 5.14. The molecule has 0 fully saturated rings. The molecule has 0 aromatic heterocycles. The maximum absolute atomic E-state index is 11.5. The van der Waals surface area contributed by atoms with Crippen molar-refractivity contribution in [1.29, 1.82) is 0 Å². The number of carbonyl (C=O) groups excluding carboxylic acids is 2. The van der Waals surface area contributed by atoms with E-state index in [0.717, 1.165) is 11.5 Å². The summed E-state index contributed by atoms with van der Waals surface area (Å²) < 4.78 is 11.3. The van der Waals surface area contributed by atoms with Crippen molar-refractivity contribution >= 4 is 23.2 Å². The van der Waals surface area contributed by atoms with Crippen LogP contribution >= 0.6 is 0 Å². The fourth-order valence-electron chi connectivity index (χ4n) is 2.99. The van der Waals surface area contributed by atoms with Crippen LogP contribution in [0, 0.1) is 0 Å². The van der Waals surface area contributed by atoms with E-state index >= 15 is 0 Å². The summed E-state index contributed by atoms with van der Waals surface area (Å²) in [4.78, 5) is 22.7. The minimum atomic E-state index is -0.543. The van der Waals surface area contributed by atoms with Gasteiger partial charge in [0.1, 0.15) is 23.0 Å². The zero-order valence-electron chi connectivity index (χ0n) is 20.5. The Morgan fingerprint density at radius 2 is 1.11 bits per heavy atom. The van der Waals surface area contributed by atoms with Crippen LogP contribution in [0.2, 0.25) is 0 Å². The van der Waals surface area contributed by atoms with Gasteiger partial charge in [-0.05, 0) is 55.5 Å². The Kier molecular flexibility index (Phi) is 10.2. The SMILES string of the molecule is CC(N)C(=O)Nc1cccc(Oc2ccccc2)c1.NCC(=O)Nc1cccc(Oc2ccccc2)c1. The van der Waals surface area contributed by atoms with Crippen molar-refractivity contribution in [2.45, 2.75) is 13.0 Å². The molecule has 0 aliphatic carbocycles. The normalized spacial score (nSPS) is 10.8.